The lowest BCUT2D eigenvalue weighted by molar-refractivity contribution is -0.138. The Morgan fingerprint density at radius 1 is 1.58 bits per heavy atom. The summed E-state index contributed by atoms with van der Waals surface area (Å²) in [6, 6.07) is 5.79. The van der Waals surface area contributed by atoms with Crippen LogP contribution in [-0.2, 0) is 16.0 Å². The number of carbonyl (C=O) groups is 1. The molecule has 19 heavy (non-hydrogen) atoms. The van der Waals surface area contributed by atoms with Crippen LogP contribution in [0.1, 0.15) is 12.1 Å². The standard InChI is InChI=1S/C14H21N3O2/c1-15-10-13-11-17(8-9-19-13)14(18)6-5-12-4-2-3-7-16-12/h2-4,7,13,15H,5-6,8-11H2,1H3. The number of carbonyl (C=O) groups excluding carboxylic acids is 1. The van der Waals surface area contributed by atoms with Crippen LogP contribution >= 0.6 is 0 Å². The van der Waals surface area contributed by atoms with E-state index in [0.29, 0.717) is 32.5 Å². The van der Waals surface area contributed by atoms with Crippen molar-refractivity contribution in [1.82, 2.24) is 15.2 Å². The maximum absolute atomic E-state index is 12.1. The molecule has 1 aliphatic heterocycles. The largest absolute Gasteiger partial charge is 0.373 e. The fourth-order valence-electron chi connectivity index (χ4n) is 2.24. The van der Waals surface area contributed by atoms with Gasteiger partial charge >= 0.3 is 0 Å². The van der Waals surface area contributed by atoms with Crippen molar-refractivity contribution < 1.29 is 9.53 Å². The van der Waals surface area contributed by atoms with E-state index in [-0.39, 0.29) is 12.0 Å². The number of hydrogen-bond donors (Lipinski definition) is 1. The highest BCUT2D eigenvalue weighted by Crippen LogP contribution is 2.08. The molecule has 0 bridgehead atoms. The maximum Gasteiger partial charge on any atom is 0.223 e. The number of hydrogen-bond acceptors (Lipinski definition) is 4. The van der Waals surface area contributed by atoms with E-state index in [1.165, 1.54) is 0 Å². The van der Waals surface area contributed by atoms with Crippen LogP contribution in [0.2, 0.25) is 0 Å². The lowest BCUT2D eigenvalue weighted by atomic mass is 10.2. The number of nitrogens with zero attached hydrogens (tertiary/aromatic N) is 2. The van der Waals surface area contributed by atoms with E-state index in [2.05, 4.69) is 10.3 Å². The van der Waals surface area contributed by atoms with Gasteiger partial charge in [0.2, 0.25) is 5.91 Å². The lowest BCUT2D eigenvalue weighted by Gasteiger charge is -2.33. The number of ether oxygens (including phenoxy) is 1. The van der Waals surface area contributed by atoms with E-state index in [1.807, 2.05) is 30.1 Å². The Bertz CT molecular complexity index is 395. The predicted molar refractivity (Wildman–Crippen MR) is 72.8 cm³/mol. The first-order chi connectivity index (χ1) is 9.29. The molecule has 5 nitrogen and oxygen atoms in total. The van der Waals surface area contributed by atoms with Gasteiger partial charge in [0.1, 0.15) is 0 Å². The highest BCUT2D eigenvalue weighted by Gasteiger charge is 2.23. The summed E-state index contributed by atoms with van der Waals surface area (Å²) in [4.78, 5) is 18.3. The first kappa shape index (κ1) is 14.0. The Hall–Kier alpha value is -1.46. The Kier molecular flexibility index (Phi) is 5.30. The predicted octanol–water partition coefficient (Wildman–Crippen LogP) is 0.461. The van der Waals surface area contributed by atoms with Crippen molar-refractivity contribution in [2.24, 2.45) is 0 Å². The molecule has 0 aromatic carbocycles. The van der Waals surface area contributed by atoms with E-state index in [9.17, 15) is 4.79 Å². The molecular formula is C14H21N3O2. The van der Waals surface area contributed by atoms with Crippen molar-refractivity contribution in [1.29, 1.82) is 0 Å². The van der Waals surface area contributed by atoms with E-state index in [0.717, 1.165) is 12.2 Å². The van der Waals surface area contributed by atoms with Crippen LogP contribution in [0.15, 0.2) is 24.4 Å². The molecule has 2 heterocycles. The summed E-state index contributed by atoms with van der Waals surface area (Å²) in [5, 5.41) is 3.08. The van der Waals surface area contributed by atoms with E-state index in [1.54, 1.807) is 6.20 Å². The van der Waals surface area contributed by atoms with Gasteiger partial charge in [0.25, 0.3) is 0 Å². The number of amides is 1. The molecule has 0 spiro atoms. The third-order valence-electron chi connectivity index (χ3n) is 3.24. The van der Waals surface area contributed by atoms with Gasteiger partial charge in [0.15, 0.2) is 0 Å². The summed E-state index contributed by atoms with van der Waals surface area (Å²) in [6.45, 7) is 2.79. The maximum atomic E-state index is 12.1. The second kappa shape index (κ2) is 7.21. The van der Waals surface area contributed by atoms with Gasteiger partial charge < -0.3 is 15.0 Å². The number of rotatable bonds is 5. The van der Waals surface area contributed by atoms with Gasteiger partial charge in [-0.15, -0.1) is 0 Å². The first-order valence-corrected chi connectivity index (χ1v) is 6.73. The van der Waals surface area contributed by atoms with Crippen molar-refractivity contribution in [3.05, 3.63) is 30.1 Å². The summed E-state index contributed by atoms with van der Waals surface area (Å²) in [6.07, 6.45) is 3.09. The van der Waals surface area contributed by atoms with Gasteiger partial charge in [-0.05, 0) is 25.6 Å². The van der Waals surface area contributed by atoms with Gasteiger partial charge in [-0.3, -0.25) is 9.78 Å². The van der Waals surface area contributed by atoms with Gasteiger partial charge in [-0.2, -0.15) is 0 Å². The molecule has 1 saturated heterocycles. The normalized spacial score (nSPS) is 19.4. The molecule has 2 rings (SSSR count). The second-order valence-electron chi connectivity index (χ2n) is 4.71. The number of likely N-dealkylation sites (N-methyl/N-ethyl adjacent to an activating group) is 1. The minimum atomic E-state index is 0.109. The molecule has 1 aromatic rings. The van der Waals surface area contributed by atoms with Crippen molar-refractivity contribution >= 4 is 5.91 Å². The number of nitrogens with one attached hydrogen (secondary N) is 1. The monoisotopic (exact) mass is 263 g/mol. The zero-order chi connectivity index (χ0) is 13.5. The van der Waals surface area contributed by atoms with Crippen LogP contribution in [0.3, 0.4) is 0 Å². The fourth-order valence-corrected chi connectivity index (χ4v) is 2.24. The van der Waals surface area contributed by atoms with Crippen LogP contribution in [0.25, 0.3) is 0 Å². The molecule has 1 aliphatic rings. The highest BCUT2D eigenvalue weighted by atomic mass is 16.5. The minimum Gasteiger partial charge on any atom is -0.373 e. The lowest BCUT2D eigenvalue weighted by Crippen LogP contribution is -2.48. The molecule has 1 aromatic heterocycles. The Morgan fingerprint density at radius 2 is 2.47 bits per heavy atom. The van der Waals surface area contributed by atoms with Gasteiger partial charge in [0.05, 0.1) is 12.7 Å². The smallest absolute Gasteiger partial charge is 0.223 e. The number of aromatic nitrogens is 1. The van der Waals surface area contributed by atoms with Gasteiger partial charge in [-0.1, -0.05) is 6.07 Å². The molecule has 1 fully saturated rings. The highest BCUT2D eigenvalue weighted by molar-refractivity contribution is 5.76. The quantitative estimate of drug-likeness (QED) is 0.838. The van der Waals surface area contributed by atoms with Crippen molar-refractivity contribution in [2.45, 2.75) is 18.9 Å². The summed E-state index contributed by atoms with van der Waals surface area (Å²) in [7, 11) is 1.89. The van der Waals surface area contributed by atoms with E-state index >= 15 is 0 Å². The molecule has 1 unspecified atom stereocenters. The molecule has 1 amide bonds. The van der Waals surface area contributed by atoms with Gasteiger partial charge in [0, 0.05) is 37.9 Å². The first-order valence-electron chi connectivity index (χ1n) is 6.73. The minimum absolute atomic E-state index is 0.109. The van der Waals surface area contributed by atoms with Crippen molar-refractivity contribution in [2.75, 3.05) is 33.3 Å². The number of pyridine rings is 1. The summed E-state index contributed by atoms with van der Waals surface area (Å²) < 4.78 is 5.59. The topological polar surface area (TPSA) is 54.5 Å². The van der Waals surface area contributed by atoms with Crippen molar-refractivity contribution in [3.8, 4) is 0 Å². The zero-order valence-electron chi connectivity index (χ0n) is 11.3. The van der Waals surface area contributed by atoms with Crippen LogP contribution < -0.4 is 5.32 Å². The van der Waals surface area contributed by atoms with Gasteiger partial charge in [-0.25, -0.2) is 0 Å². The fraction of sp³-hybridized carbons (Fsp3) is 0.571. The zero-order valence-corrected chi connectivity index (χ0v) is 11.3. The molecule has 0 saturated carbocycles. The molecule has 5 heteroatoms. The van der Waals surface area contributed by atoms with Crippen LogP contribution in [0, 0.1) is 0 Å². The Balaban J connectivity index is 1.79. The summed E-state index contributed by atoms with van der Waals surface area (Å²) >= 11 is 0. The number of morpholine rings is 1. The van der Waals surface area contributed by atoms with E-state index in [4.69, 9.17) is 4.74 Å². The van der Waals surface area contributed by atoms with Crippen LogP contribution in [0.4, 0.5) is 0 Å². The summed E-state index contributed by atoms with van der Waals surface area (Å²) in [5.74, 6) is 0.190. The molecule has 1 N–H and O–H groups in total. The Morgan fingerprint density at radius 3 is 3.21 bits per heavy atom. The SMILES string of the molecule is CNCC1CN(C(=O)CCc2ccccn2)CCO1. The third kappa shape index (κ3) is 4.29. The summed E-state index contributed by atoms with van der Waals surface area (Å²) in [5.41, 5.74) is 0.968. The second-order valence-corrected chi connectivity index (χ2v) is 4.71. The molecule has 1 atom stereocenters. The average Bonchev–Trinajstić information content (AvgIpc) is 2.46. The molecule has 0 radical (unpaired) electrons. The molecule has 0 aliphatic carbocycles. The Labute approximate surface area is 114 Å². The molecule has 104 valence electrons. The van der Waals surface area contributed by atoms with Crippen molar-refractivity contribution in [3.63, 3.8) is 0 Å². The van der Waals surface area contributed by atoms with Crippen LogP contribution in [0.5, 0.6) is 0 Å². The van der Waals surface area contributed by atoms with E-state index < -0.39 is 0 Å². The molecular weight excluding hydrogens is 242 g/mol. The number of aryl methyl sites for hydroxylation is 1. The van der Waals surface area contributed by atoms with Crippen LogP contribution in [-0.4, -0.2) is 55.2 Å². The third-order valence-corrected chi connectivity index (χ3v) is 3.24. The average molecular weight is 263 g/mol.